The van der Waals surface area contributed by atoms with Crippen molar-refractivity contribution in [3.63, 3.8) is 0 Å². The number of hydrogen-bond acceptors (Lipinski definition) is 7. The number of aromatic nitrogens is 4. The number of pyridine rings is 1. The molecule has 6 nitrogen and oxygen atoms in total. The number of hydrogen-bond donors (Lipinski definition) is 0. The van der Waals surface area contributed by atoms with Gasteiger partial charge in [0.1, 0.15) is 5.03 Å². The van der Waals surface area contributed by atoms with Crippen LogP contribution in [0.1, 0.15) is 0 Å². The quantitative estimate of drug-likeness (QED) is 0.801. The summed E-state index contributed by atoms with van der Waals surface area (Å²) < 4.78 is 6.21. The fourth-order valence-electron chi connectivity index (χ4n) is 1.81. The average molecular weight is 389 g/mol. The lowest BCUT2D eigenvalue weighted by atomic mass is 10.4. The van der Waals surface area contributed by atoms with Crippen molar-refractivity contribution in [3.05, 3.63) is 28.1 Å². The van der Waals surface area contributed by atoms with Crippen LogP contribution in [0.15, 0.2) is 33.0 Å². The second-order valence-corrected chi connectivity index (χ2v) is 6.33. The summed E-state index contributed by atoms with van der Waals surface area (Å²) in [6, 6.07) is 3.77. The molecule has 0 aromatic carbocycles. The molecule has 2 aromatic heterocycles. The summed E-state index contributed by atoms with van der Waals surface area (Å²) in [5.41, 5.74) is 0. The Morgan fingerprint density at radius 1 is 1.24 bits per heavy atom. The lowest BCUT2D eigenvalue weighted by Crippen LogP contribution is -2.37. The van der Waals surface area contributed by atoms with Gasteiger partial charge in [-0.2, -0.15) is 15.0 Å². The zero-order valence-corrected chi connectivity index (χ0v) is 14.0. The number of ether oxygens (including phenoxy) is 1. The van der Waals surface area contributed by atoms with Crippen LogP contribution >= 0.6 is 39.3 Å². The van der Waals surface area contributed by atoms with Crippen molar-refractivity contribution in [1.82, 2.24) is 19.9 Å². The molecule has 0 radical (unpaired) electrons. The van der Waals surface area contributed by atoms with Crippen molar-refractivity contribution in [1.29, 1.82) is 0 Å². The zero-order valence-electron chi connectivity index (χ0n) is 10.9. The van der Waals surface area contributed by atoms with Crippen LogP contribution in [0.5, 0.6) is 0 Å². The van der Waals surface area contributed by atoms with E-state index in [1.54, 1.807) is 6.20 Å². The fraction of sp³-hybridized carbons (Fsp3) is 0.333. The smallest absolute Gasteiger partial charge is 0.230 e. The van der Waals surface area contributed by atoms with Gasteiger partial charge in [0.15, 0.2) is 5.16 Å². The van der Waals surface area contributed by atoms with E-state index in [4.69, 9.17) is 16.3 Å². The molecule has 21 heavy (non-hydrogen) atoms. The topological polar surface area (TPSA) is 64.0 Å². The van der Waals surface area contributed by atoms with Crippen molar-refractivity contribution in [2.45, 2.75) is 10.2 Å². The van der Waals surface area contributed by atoms with Gasteiger partial charge in [0.2, 0.25) is 11.2 Å². The predicted octanol–water partition coefficient (Wildman–Crippen LogP) is 2.67. The first kappa shape index (κ1) is 15.0. The highest BCUT2D eigenvalue weighted by Gasteiger charge is 2.17. The SMILES string of the molecule is Clc1nc(Sc2ncccc2Br)nc(N2CCOCC2)n1. The Balaban J connectivity index is 1.85. The minimum Gasteiger partial charge on any atom is -0.378 e. The molecule has 0 bridgehead atoms. The van der Waals surface area contributed by atoms with Gasteiger partial charge in [0.05, 0.1) is 17.7 Å². The number of halogens is 2. The Hall–Kier alpha value is -0.960. The first-order valence-corrected chi connectivity index (χ1v) is 8.24. The summed E-state index contributed by atoms with van der Waals surface area (Å²) in [7, 11) is 0. The zero-order chi connectivity index (χ0) is 14.7. The minimum atomic E-state index is 0.182. The third-order valence-corrected chi connectivity index (χ3v) is 4.74. The molecule has 0 atom stereocenters. The molecule has 1 fully saturated rings. The molecule has 0 saturated carbocycles. The van der Waals surface area contributed by atoms with Gasteiger partial charge in [-0.3, -0.25) is 0 Å². The van der Waals surface area contributed by atoms with Crippen LogP contribution in [0.3, 0.4) is 0 Å². The molecule has 0 aliphatic carbocycles. The van der Waals surface area contributed by atoms with Gasteiger partial charge in [0, 0.05) is 19.3 Å². The summed E-state index contributed by atoms with van der Waals surface area (Å²) >= 11 is 10.8. The Labute approximate surface area is 139 Å². The van der Waals surface area contributed by atoms with Crippen LogP contribution in [0.4, 0.5) is 5.95 Å². The van der Waals surface area contributed by atoms with Crippen LogP contribution in [-0.4, -0.2) is 46.2 Å². The molecule has 0 unspecified atom stereocenters. The third kappa shape index (κ3) is 3.82. The molecule has 3 rings (SSSR count). The van der Waals surface area contributed by atoms with Crippen LogP contribution in [-0.2, 0) is 4.74 Å². The number of nitrogens with zero attached hydrogens (tertiary/aromatic N) is 5. The van der Waals surface area contributed by atoms with Crippen molar-refractivity contribution < 1.29 is 4.74 Å². The second kappa shape index (κ2) is 6.87. The number of anilines is 1. The molecule has 1 aliphatic rings. The summed E-state index contributed by atoms with van der Waals surface area (Å²) in [6.07, 6.45) is 1.72. The number of morpholine rings is 1. The molecule has 1 saturated heterocycles. The largest absolute Gasteiger partial charge is 0.378 e. The molecule has 0 N–H and O–H groups in total. The predicted molar refractivity (Wildman–Crippen MR) is 83.9 cm³/mol. The summed E-state index contributed by atoms with van der Waals surface area (Å²) in [4.78, 5) is 19.1. The van der Waals surface area contributed by atoms with E-state index in [0.717, 1.165) is 22.6 Å². The van der Waals surface area contributed by atoms with Gasteiger partial charge in [-0.25, -0.2) is 4.98 Å². The first-order chi connectivity index (χ1) is 10.2. The maximum Gasteiger partial charge on any atom is 0.230 e. The Kier molecular flexibility index (Phi) is 4.89. The highest BCUT2D eigenvalue weighted by molar-refractivity contribution is 9.10. The Morgan fingerprint density at radius 2 is 2.05 bits per heavy atom. The lowest BCUT2D eigenvalue weighted by molar-refractivity contribution is 0.122. The average Bonchev–Trinajstić information content (AvgIpc) is 2.50. The maximum atomic E-state index is 6.01. The van der Waals surface area contributed by atoms with Crippen molar-refractivity contribution >= 4 is 45.2 Å². The molecule has 110 valence electrons. The molecular weight excluding hydrogens is 378 g/mol. The van der Waals surface area contributed by atoms with Gasteiger partial charge in [0.25, 0.3) is 0 Å². The molecule has 0 spiro atoms. The van der Waals surface area contributed by atoms with E-state index in [0.29, 0.717) is 24.3 Å². The maximum absolute atomic E-state index is 6.01. The van der Waals surface area contributed by atoms with Crippen molar-refractivity contribution in [2.75, 3.05) is 31.2 Å². The van der Waals surface area contributed by atoms with Crippen LogP contribution < -0.4 is 4.90 Å². The first-order valence-electron chi connectivity index (χ1n) is 6.25. The van der Waals surface area contributed by atoms with Crippen molar-refractivity contribution in [2.24, 2.45) is 0 Å². The molecule has 0 amide bonds. The second-order valence-electron chi connectivity index (χ2n) is 4.18. The van der Waals surface area contributed by atoms with E-state index in [1.165, 1.54) is 11.8 Å². The van der Waals surface area contributed by atoms with E-state index >= 15 is 0 Å². The van der Waals surface area contributed by atoms with E-state index < -0.39 is 0 Å². The van der Waals surface area contributed by atoms with Gasteiger partial charge in [-0.1, -0.05) is 0 Å². The standard InChI is InChI=1S/C12H11BrClN5OS/c13-8-2-1-3-15-9(8)21-12-17-10(14)16-11(18-12)19-4-6-20-7-5-19/h1-3H,4-7H2. The van der Waals surface area contributed by atoms with Crippen LogP contribution in [0.25, 0.3) is 0 Å². The van der Waals surface area contributed by atoms with Gasteiger partial charge in [-0.15, -0.1) is 0 Å². The molecule has 3 heterocycles. The molecule has 9 heteroatoms. The third-order valence-electron chi connectivity index (χ3n) is 2.78. The molecular formula is C12H11BrClN5OS. The minimum absolute atomic E-state index is 0.182. The summed E-state index contributed by atoms with van der Waals surface area (Å²) in [5, 5.41) is 1.49. The monoisotopic (exact) mass is 387 g/mol. The highest BCUT2D eigenvalue weighted by atomic mass is 79.9. The lowest BCUT2D eigenvalue weighted by Gasteiger charge is -2.26. The van der Waals surface area contributed by atoms with E-state index in [9.17, 15) is 0 Å². The van der Waals surface area contributed by atoms with Crippen LogP contribution in [0, 0.1) is 0 Å². The van der Waals surface area contributed by atoms with Crippen LogP contribution in [0.2, 0.25) is 5.28 Å². The van der Waals surface area contributed by atoms with Gasteiger partial charge < -0.3 is 9.64 Å². The van der Waals surface area contributed by atoms with E-state index in [-0.39, 0.29) is 5.28 Å². The Bertz CT molecular complexity index is 641. The summed E-state index contributed by atoms with van der Waals surface area (Å²) in [6.45, 7) is 2.82. The summed E-state index contributed by atoms with van der Waals surface area (Å²) in [5.74, 6) is 0.577. The van der Waals surface area contributed by atoms with E-state index in [2.05, 4.69) is 35.9 Å². The molecule has 1 aliphatic heterocycles. The van der Waals surface area contributed by atoms with Gasteiger partial charge in [-0.05, 0) is 51.4 Å². The van der Waals surface area contributed by atoms with Gasteiger partial charge >= 0.3 is 0 Å². The van der Waals surface area contributed by atoms with E-state index in [1.807, 2.05) is 17.0 Å². The molecule has 2 aromatic rings. The highest BCUT2D eigenvalue weighted by Crippen LogP contribution is 2.30. The fourth-order valence-corrected chi connectivity index (χ4v) is 3.22. The van der Waals surface area contributed by atoms with Crippen molar-refractivity contribution in [3.8, 4) is 0 Å². The normalized spacial score (nSPS) is 15.2. The Morgan fingerprint density at radius 3 is 2.81 bits per heavy atom. The number of rotatable bonds is 3.